The fraction of sp³-hybridized carbons (Fsp3) is 0.111. The lowest BCUT2D eigenvalue weighted by Crippen LogP contribution is -2.09. The summed E-state index contributed by atoms with van der Waals surface area (Å²) in [5.41, 5.74) is 0.0816. The van der Waals surface area contributed by atoms with Gasteiger partial charge in [-0.15, -0.1) is 0 Å². The number of benzene rings is 2. The molecule has 4 rings (SSSR count). The van der Waals surface area contributed by atoms with Crippen LogP contribution in [-0.2, 0) is 6.18 Å². The first-order valence-electron chi connectivity index (χ1n) is 7.33. The molecule has 2 aromatic carbocycles. The molecule has 0 N–H and O–H groups in total. The smallest absolute Gasteiger partial charge is 0.417 e. The van der Waals surface area contributed by atoms with Crippen LogP contribution in [0.25, 0.3) is 32.7 Å². The Morgan fingerprint density at radius 1 is 0.960 bits per heavy atom. The molecule has 0 saturated carbocycles. The first-order chi connectivity index (χ1) is 11.9. The molecule has 25 heavy (non-hydrogen) atoms. The molecule has 0 bridgehead atoms. The van der Waals surface area contributed by atoms with Gasteiger partial charge in [-0.25, -0.2) is 9.97 Å². The van der Waals surface area contributed by atoms with Crippen molar-refractivity contribution in [3.05, 3.63) is 53.1 Å². The van der Waals surface area contributed by atoms with Gasteiger partial charge in [-0.3, -0.25) is 0 Å². The van der Waals surface area contributed by atoms with E-state index in [1.54, 1.807) is 24.3 Å². The van der Waals surface area contributed by atoms with Crippen LogP contribution in [0.5, 0.6) is 5.88 Å². The van der Waals surface area contributed by atoms with E-state index in [1.165, 1.54) is 25.3 Å². The van der Waals surface area contributed by atoms with Crippen molar-refractivity contribution >= 4 is 44.3 Å². The maximum absolute atomic E-state index is 13.9. The summed E-state index contributed by atoms with van der Waals surface area (Å²) in [5, 5.41) is 0.485. The monoisotopic (exact) mass is 362 g/mol. The minimum atomic E-state index is -4.62. The molecule has 0 fully saturated rings. The Morgan fingerprint density at radius 2 is 1.68 bits per heavy atom. The van der Waals surface area contributed by atoms with Crippen LogP contribution < -0.4 is 4.74 Å². The van der Waals surface area contributed by atoms with Crippen molar-refractivity contribution in [1.29, 1.82) is 0 Å². The van der Waals surface area contributed by atoms with E-state index in [4.69, 9.17) is 16.3 Å². The predicted molar refractivity (Wildman–Crippen MR) is 91.1 cm³/mol. The van der Waals surface area contributed by atoms with Crippen LogP contribution in [0.4, 0.5) is 13.2 Å². The summed E-state index contributed by atoms with van der Waals surface area (Å²) in [4.78, 5) is 8.68. The largest absolute Gasteiger partial charge is 0.480 e. The van der Waals surface area contributed by atoms with Crippen LogP contribution in [-0.4, -0.2) is 17.1 Å². The molecule has 0 saturated heterocycles. The molecule has 0 amide bonds. The van der Waals surface area contributed by atoms with Gasteiger partial charge in [0.25, 0.3) is 0 Å². The number of para-hydroxylation sites is 1. The Kier molecular flexibility index (Phi) is 3.47. The van der Waals surface area contributed by atoms with E-state index in [2.05, 4.69) is 9.97 Å². The van der Waals surface area contributed by atoms with Gasteiger partial charge < -0.3 is 4.74 Å². The number of aromatic nitrogens is 2. The van der Waals surface area contributed by atoms with Gasteiger partial charge in [0.05, 0.1) is 34.6 Å². The molecule has 0 aliphatic carbocycles. The molecule has 3 nitrogen and oxygen atoms in total. The Balaban J connectivity index is 2.36. The highest BCUT2D eigenvalue weighted by Crippen LogP contribution is 2.44. The van der Waals surface area contributed by atoms with E-state index in [0.717, 1.165) is 0 Å². The summed E-state index contributed by atoms with van der Waals surface area (Å²) < 4.78 is 47.0. The molecule has 0 spiro atoms. The van der Waals surface area contributed by atoms with Crippen molar-refractivity contribution in [2.75, 3.05) is 7.11 Å². The van der Waals surface area contributed by atoms with Gasteiger partial charge in [-0.1, -0.05) is 29.8 Å². The van der Waals surface area contributed by atoms with Gasteiger partial charge in [0.1, 0.15) is 0 Å². The zero-order chi connectivity index (χ0) is 17.8. The maximum atomic E-state index is 13.9. The van der Waals surface area contributed by atoms with Crippen molar-refractivity contribution in [2.24, 2.45) is 0 Å². The van der Waals surface area contributed by atoms with Crippen LogP contribution >= 0.6 is 11.6 Å². The summed E-state index contributed by atoms with van der Waals surface area (Å²) in [5.74, 6) is -0.115. The fourth-order valence-electron chi connectivity index (χ4n) is 3.02. The minimum absolute atomic E-state index is 0.0807. The quantitative estimate of drug-likeness (QED) is 0.326. The molecule has 2 aromatic heterocycles. The lowest BCUT2D eigenvalue weighted by molar-refractivity contribution is -0.135. The molecule has 0 radical (unpaired) electrons. The highest BCUT2D eigenvalue weighted by atomic mass is 35.5. The molecule has 4 aromatic rings. The van der Waals surface area contributed by atoms with Gasteiger partial charge in [0.15, 0.2) is 0 Å². The Bertz CT molecular complexity index is 1140. The first-order valence-corrected chi connectivity index (χ1v) is 7.71. The average molecular weight is 363 g/mol. The van der Waals surface area contributed by atoms with Crippen LogP contribution in [0.2, 0.25) is 5.02 Å². The highest BCUT2D eigenvalue weighted by molar-refractivity contribution is 6.31. The van der Waals surface area contributed by atoms with Crippen LogP contribution in [0.3, 0.4) is 0 Å². The van der Waals surface area contributed by atoms with Crippen molar-refractivity contribution < 1.29 is 17.9 Å². The van der Waals surface area contributed by atoms with Crippen molar-refractivity contribution in [2.45, 2.75) is 6.18 Å². The van der Waals surface area contributed by atoms with Gasteiger partial charge in [0.2, 0.25) is 5.88 Å². The maximum Gasteiger partial charge on any atom is 0.417 e. The topological polar surface area (TPSA) is 35.0 Å². The van der Waals surface area contributed by atoms with Crippen LogP contribution in [0, 0.1) is 0 Å². The lowest BCUT2D eigenvalue weighted by Gasteiger charge is -2.17. The number of hydrogen-bond donors (Lipinski definition) is 0. The van der Waals surface area contributed by atoms with Gasteiger partial charge in [-0.05, 0) is 24.3 Å². The zero-order valence-corrected chi connectivity index (χ0v) is 13.6. The zero-order valence-electron chi connectivity index (χ0n) is 12.9. The third-order valence-electron chi connectivity index (χ3n) is 4.02. The SMILES string of the molecule is COc1nc2ccccc2c2nc3ccc(Cl)cc3c(C(F)(F)F)c12. The number of hydrogen-bond acceptors (Lipinski definition) is 3. The third-order valence-corrected chi connectivity index (χ3v) is 4.25. The molecule has 7 heteroatoms. The summed E-state index contributed by atoms with van der Waals surface area (Å²) in [6, 6.07) is 11.2. The van der Waals surface area contributed by atoms with E-state index in [-0.39, 0.29) is 32.7 Å². The van der Waals surface area contributed by atoms with E-state index in [0.29, 0.717) is 10.9 Å². The van der Waals surface area contributed by atoms with Crippen molar-refractivity contribution in [3.63, 3.8) is 0 Å². The molecule has 0 unspecified atom stereocenters. The summed E-state index contributed by atoms with van der Waals surface area (Å²) in [6.45, 7) is 0. The normalized spacial score (nSPS) is 12.2. The number of ether oxygens (including phenoxy) is 1. The number of nitrogens with zero attached hydrogens (tertiary/aromatic N) is 2. The average Bonchev–Trinajstić information content (AvgIpc) is 2.58. The minimum Gasteiger partial charge on any atom is -0.480 e. The molecular formula is C18H10ClF3N2O. The second-order valence-electron chi connectivity index (χ2n) is 5.51. The van der Waals surface area contributed by atoms with Gasteiger partial charge in [-0.2, -0.15) is 13.2 Å². The van der Waals surface area contributed by atoms with Crippen molar-refractivity contribution in [1.82, 2.24) is 9.97 Å². The van der Waals surface area contributed by atoms with E-state index in [9.17, 15) is 13.2 Å². The Labute approximate surface area is 145 Å². The second-order valence-corrected chi connectivity index (χ2v) is 5.94. The molecule has 126 valence electrons. The van der Waals surface area contributed by atoms with Crippen molar-refractivity contribution in [3.8, 4) is 5.88 Å². The number of methoxy groups -OCH3 is 1. The second kappa shape index (κ2) is 5.46. The molecule has 0 atom stereocenters. The predicted octanol–water partition coefficient (Wildman–Crippen LogP) is 5.62. The molecule has 0 aliphatic heterocycles. The lowest BCUT2D eigenvalue weighted by atomic mass is 10.0. The van der Waals surface area contributed by atoms with Gasteiger partial charge >= 0.3 is 6.18 Å². The standard InChI is InChI=1S/C18H10ClF3N2O/c1-25-17-14-15(18(20,21)22)11-8-9(19)6-7-13(11)23-16(14)10-4-2-3-5-12(10)24-17/h2-8H,1H3. The van der Waals surface area contributed by atoms with E-state index >= 15 is 0 Å². The number of fused-ring (bicyclic) bond motifs is 4. The highest BCUT2D eigenvalue weighted by Gasteiger charge is 2.37. The third kappa shape index (κ3) is 2.44. The molecule has 2 heterocycles. The van der Waals surface area contributed by atoms with Crippen LogP contribution in [0.1, 0.15) is 5.56 Å². The van der Waals surface area contributed by atoms with Gasteiger partial charge in [0, 0.05) is 15.8 Å². The Morgan fingerprint density at radius 3 is 2.40 bits per heavy atom. The molecular weight excluding hydrogens is 353 g/mol. The Hall–Kier alpha value is -2.60. The summed E-state index contributed by atoms with van der Waals surface area (Å²) in [6.07, 6.45) is -4.62. The molecule has 0 aliphatic rings. The first kappa shape index (κ1) is 15.9. The fourth-order valence-corrected chi connectivity index (χ4v) is 3.19. The summed E-state index contributed by atoms with van der Waals surface area (Å²) >= 11 is 5.92. The summed E-state index contributed by atoms with van der Waals surface area (Å²) in [7, 11) is 1.29. The number of rotatable bonds is 1. The number of pyridine rings is 2. The van der Waals surface area contributed by atoms with Crippen LogP contribution in [0.15, 0.2) is 42.5 Å². The van der Waals surface area contributed by atoms with E-state index in [1.807, 2.05) is 0 Å². The number of halogens is 4. The number of alkyl halides is 3. The van der Waals surface area contributed by atoms with E-state index < -0.39 is 11.7 Å².